The molecular weight excluding hydrogens is 246 g/mol. The predicted octanol–water partition coefficient (Wildman–Crippen LogP) is 4.50. The van der Waals surface area contributed by atoms with Gasteiger partial charge in [0, 0.05) is 5.54 Å². The van der Waals surface area contributed by atoms with Crippen molar-refractivity contribution in [3.63, 3.8) is 0 Å². The van der Waals surface area contributed by atoms with Gasteiger partial charge in [0.2, 0.25) is 0 Å². The molecule has 20 heavy (non-hydrogen) atoms. The van der Waals surface area contributed by atoms with Crippen molar-refractivity contribution in [2.45, 2.75) is 70.8 Å². The Morgan fingerprint density at radius 2 is 1.85 bits per heavy atom. The lowest BCUT2D eigenvalue weighted by atomic mass is 9.76. The van der Waals surface area contributed by atoms with Crippen LogP contribution in [0, 0.1) is 0 Å². The zero-order chi connectivity index (χ0) is 14.8. The van der Waals surface area contributed by atoms with Gasteiger partial charge in [0.05, 0.1) is 7.11 Å². The summed E-state index contributed by atoms with van der Waals surface area (Å²) >= 11 is 0. The van der Waals surface area contributed by atoms with Crippen molar-refractivity contribution in [1.29, 1.82) is 0 Å². The second-order valence-corrected chi connectivity index (χ2v) is 6.48. The van der Waals surface area contributed by atoms with E-state index < -0.39 is 0 Å². The van der Waals surface area contributed by atoms with Crippen molar-refractivity contribution in [1.82, 2.24) is 0 Å². The third-order valence-corrected chi connectivity index (χ3v) is 4.72. The molecule has 0 bridgehead atoms. The maximum absolute atomic E-state index is 6.72. The van der Waals surface area contributed by atoms with Crippen LogP contribution in [0.1, 0.15) is 75.5 Å². The van der Waals surface area contributed by atoms with Crippen molar-refractivity contribution >= 4 is 0 Å². The van der Waals surface area contributed by atoms with Crippen LogP contribution in [0.15, 0.2) is 12.1 Å². The highest BCUT2D eigenvalue weighted by molar-refractivity contribution is 5.48. The molecule has 0 atom stereocenters. The van der Waals surface area contributed by atoms with E-state index in [1.54, 1.807) is 7.11 Å². The Kier molecular flexibility index (Phi) is 4.74. The molecule has 0 aliphatic heterocycles. The average Bonchev–Trinajstić information content (AvgIpc) is 2.46. The van der Waals surface area contributed by atoms with Crippen LogP contribution in [0.5, 0.6) is 5.75 Å². The zero-order valence-corrected chi connectivity index (χ0v) is 13.5. The second kappa shape index (κ2) is 6.17. The van der Waals surface area contributed by atoms with E-state index in [2.05, 4.69) is 32.9 Å². The Labute approximate surface area is 123 Å². The Bertz CT molecular complexity index is 459. The maximum atomic E-state index is 6.72. The average molecular weight is 275 g/mol. The monoisotopic (exact) mass is 275 g/mol. The first-order chi connectivity index (χ1) is 9.51. The van der Waals surface area contributed by atoms with E-state index in [9.17, 15) is 0 Å². The van der Waals surface area contributed by atoms with Crippen LogP contribution in [0.2, 0.25) is 0 Å². The van der Waals surface area contributed by atoms with Gasteiger partial charge >= 0.3 is 0 Å². The second-order valence-electron chi connectivity index (χ2n) is 6.48. The molecule has 2 rings (SSSR count). The Balaban J connectivity index is 2.51. The first-order valence-corrected chi connectivity index (χ1v) is 8.02. The van der Waals surface area contributed by atoms with Crippen LogP contribution >= 0.6 is 0 Å². The number of hydrogen-bond acceptors (Lipinski definition) is 2. The minimum absolute atomic E-state index is 0.127. The van der Waals surface area contributed by atoms with Gasteiger partial charge in [-0.05, 0) is 47.9 Å². The lowest BCUT2D eigenvalue weighted by Crippen LogP contribution is -2.38. The van der Waals surface area contributed by atoms with Crippen molar-refractivity contribution in [3.8, 4) is 5.75 Å². The Morgan fingerprint density at radius 3 is 2.35 bits per heavy atom. The van der Waals surface area contributed by atoms with Gasteiger partial charge in [-0.1, -0.05) is 46.1 Å². The topological polar surface area (TPSA) is 35.2 Å². The molecule has 1 aromatic rings. The SMILES string of the molecule is CCc1cc(C2(N)CCCCC2)cc(C(C)C)c1OC. The van der Waals surface area contributed by atoms with Crippen LogP contribution in [-0.4, -0.2) is 7.11 Å². The quantitative estimate of drug-likeness (QED) is 0.878. The first-order valence-electron chi connectivity index (χ1n) is 8.02. The molecule has 2 nitrogen and oxygen atoms in total. The van der Waals surface area contributed by atoms with E-state index in [1.165, 1.54) is 36.0 Å². The van der Waals surface area contributed by atoms with Gasteiger partial charge in [-0.15, -0.1) is 0 Å². The van der Waals surface area contributed by atoms with Gasteiger partial charge in [-0.25, -0.2) is 0 Å². The maximum Gasteiger partial charge on any atom is 0.125 e. The van der Waals surface area contributed by atoms with Gasteiger partial charge in [0.15, 0.2) is 0 Å². The van der Waals surface area contributed by atoms with Gasteiger partial charge in [-0.3, -0.25) is 0 Å². The van der Waals surface area contributed by atoms with E-state index in [1.807, 2.05) is 0 Å². The smallest absolute Gasteiger partial charge is 0.125 e. The molecule has 0 heterocycles. The van der Waals surface area contributed by atoms with Crippen LogP contribution < -0.4 is 10.5 Å². The third-order valence-electron chi connectivity index (χ3n) is 4.72. The molecule has 0 saturated heterocycles. The number of nitrogens with two attached hydrogens (primary N) is 1. The van der Waals surface area contributed by atoms with Crippen molar-refractivity contribution in [2.75, 3.05) is 7.11 Å². The van der Waals surface area contributed by atoms with Gasteiger partial charge in [0.1, 0.15) is 5.75 Å². The highest BCUT2D eigenvalue weighted by Gasteiger charge is 2.31. The molecule has 2 N–H and O–H groups in total. The summed E-state index contributed by atoms with van der Waals surface area (Å²) in [7, 11) is 1.78. The number of methoxy groups -OCH3 is 1. The first kappa shape index (κ1) is 15.4. The Morgan fingerprint density at radius 1 is 1.20 bits per heavy atom. The number of hydrogen-bond donors (Lipinski definition) is 1. The summed E-state index contributed by atoms with van der Waals surface area (Å²) in [5.74, 6) is 1.52. The van der Waals surface area contributed by atoms with Crippen molar-refractivity contribution < 1.29 is 4.74 Å². The largest absolute Gasteiger partial charge is 0.496 e. The fraction of sp³-hybridized carbons (Fsp3) is 0.667. The number of ether oxygens (including phenoxy) is 1. The van der Waals surface area contributed by atoms with E-state index >= 15 is 0 Å². The van der Waals surface area contributed by atoms with E-state index in [-0.39, 0.29) is 5.54 Å². The number of aryl methyl sites for hydroxylation is 1. The summed E-state index contributed by atoms with van der Waals surface area (Å²) in [5.41, 5.74) is 10.5. The molecule has 112 valence electrons. The van der Waals surface area contributed by atoms with Crippen molar-refractivity contribution in [2.24, 2.45) is 5.73 Å². The molecule has 1 aliphatic rings. The van der Waals surface area contributed by atoms with Crippen LogP contribution in [-0.2, 0) is 12.0 Å². The standard InChI is InChI=1S/C18H29NO/c1-5-14-11-15(18(19)9-7-6-8-10-18)12-16(13(2)3)17(14)20-4/h11-13H,5-10,19H2,1-4H3. The fourth-order valence-corrected chi connectivity index (χ4v) is 3.41. The summed E-state index contributed by atoms with van der Waals surface area (Å²) in [6.45, 7) is 6.64. The summed E-state index contributed by atoms with van der Waals surface area (Å²) in [5, 5.41) is 0. The Hall–Kier alpha value is -1.02. The van der Waals surface area contributed by atoms with Crippen LogP contribution in [0.4, 0.5) is 0 Å². The highest BCUT2D eigenvalue weighted by atomic mass is 16.5. The normalized spacial score (nSPS) is 18.3. The lowest BCUT2D eigenvalue weighted by molar-refractivity contribution is 0.301. The van der Waals surface area contributed by atoms with Crippen molar-refractivity contribution in [3.05, 3.63) is 28.8 Å². The third kappa shape index (κ3) is 2.85. The summed E-state index contributed by atoms with van der Waals surface area (Å²) in [6.07, 6.45) is 7.04. The minimum atomic E-state index is -0.127. The molecule has 1 fully saturated rings. The van der Waals surface area contributed by atoms with Gasteiger partial charge < -0.3 is 10.5 Å². The number of benzene rings is 1. The lowest BCUT2D eigenvalue weighted by Gasteiger charge is -2.35. The molecule has 0 radical (unpaired) electrons. The summed E-state index contributed by atoms with van der Waals surface area (Å²) in [4.78, 5) is 0. The zero-order valence-electron chi connectivity index (χ0n) is 13.5. The molecular formula is C18H29NO. The van der Waals surface area contributed by atoms with Crippen LogP contribution in [0.25, 0.3) is 0 Å². The molecule has 0 amide bonds. The molecule has 0 spiro atoms. The van der Waals surface area contributed by atoms with E-state index in [0.717, 1.165) is 25.0 Å². The van der Waals surface area contributed by atoms with Gasteiger partial charge in [0.25, 0.3) is 0 Å². The van der Waals surface area contributed by atoms with Gasteiger partial charge in [-0.2, -0.15) is 0 Å². The van der Waals surface area contributed by atoms with E-state index in [0.29, 0.717) is 5.92 Å². The molecule has 0 aromatic heterocycles. The fourth-order valence-electron chi connectivity index (χ4n) is 3.41. The summed E-state index contributed by atoms with van der Waals surface area (Å²) < 4.78 is 5.66. The predicted molar refractivity (Wildman–Crippen MR) is 85.4 cm³/mol. The molecule has 0 unspecified atom stereocenters. The molecule has 1 aromatic carbocycles. The number of rotatable bonds is 4. The highest BCUT2D eigenvalue weighted by Crippen LogP contribution is 2.40. The van der Waals surface area contributed by atoms with E-state index in [4.69, 9.17) is 10.5 Å². The molecule has 1 aliphatic carbocycles. The molecule has 1 saturated carbocycles. The summed E-state index contributed by atoms with van der Waals surface area (Å²) in [6, 6.07) is 4.59. The van der Waals surface area contributed by atoms with Crippen LogP contribution in [0.3, 0.4) is 0 Å². The minimum Gasteiger partial charge on any atom is -0.496 e. The molecule has 2 heteroatoms.